The van der Waals surface area contributed by atoms with Crippen LogP contribution in [0, 0.1) is 5.82 Å². The van der Waals surface area contributed by atoms with E-state index in [0.29, 0.717) is 10.6 Å². The van der Waals surface area contributed by atoms with Crippen LogP contribution in [0.15, 0.2) is 45.7 Å². The molecule has 2 N–H and O–H groups in total. The minimum Gasteiger partial charge on any atom is -0.420 e. The molecule has 0 saturated heterocycles. The van der Waals surface area contributed by atoms with E-state index in [0.717, 1.165) is 17.0 Å². The smallest absolute Gasteiger partial charge is 0.259 e. The van der Waals surface area contributed by atoms with E-state index < -0.39 is 56.0 Å². The fraction of sp³-hybridized carbons (Fsp3) is 0.318. The van der Waals surface area contributed by atoms with Gasteiger partial charge in [0.05, 0.1) is 34.5 Å². The zero-order chi connectivity index (χ0) is 25.1. The van der Waals surface area contributed by atoms with Crippen molar-refractivity contribution in [1.29, 1.82) is 0 Å². The van der Waals surface area contributed by atoms with Gasteiger partial charge in [0, 0.05) is 11.4 Å². The Morgan fingerprint density at radius 1 is 1.20 bits per heavy atom. The van der Waals surface area contributed by atoms with Crippen molar-refractivity contribution in [1.82, 2.24) is 10.2 Å². The molecule has 1 saturated carbocycles. The van der Waals surface area contributed by atoms with Crippen LogP contribution in [0.25, 0.3) is 11.5 Å². The van der Waals surface area contributed by atoms with Gasteiger partial charge in [0.15, 0.2) is 9.84 Å². The van der Waals surface area contributed by atoms with E-state index in [1.807, 2.05) is 0 Å². The van der Waals surface area contributed by atoms with Crippen molar-refractivity contribution in [3.63, 3.8) is 0 Å². The SMILES string of the molecule is N[C@H]1CS(=O)(=O)c2cc(F)c(-c3nnc(C4CCC4(F)F)o3)cc2N(Cc2ccc(Cl)cc2)C1=O. The summed E-state index contributed by atoms with van der Waals surface area (Å²) in [6, 6.07) is 6.95. The first kappa shape index (κ1) is 23.8. The van der Waals surface area contributed by atoms with Crippen LogP contribution >= 0.6 is 11.6 Å². The second kappa shape index (κ2) is 8.32. The first-order chi connectivity index (χ1) is 16.5. The molecule has 1 amide bonds. The Bertz CT molecular complexity index is 1430. The topological polar surface area (TPSA) is 119 Å². The maximum absolute atomic E-state index is 15.1. The quantitative estimate of drug-likeness (QED) is 0.550. The summed E-state index contributed by atoms with van der Waals surface area (Å²) >= 11 is 5.92. The maximum atomic E-state index is 15.1. The number of carbonyl (C=O) groups excluding carboxylic acids is 1. The molecule has 2 atom stereocenters. The number of aromatic nitrogens is 2. The van der Waals surface area contributed by atoms with E-state index in [4.69, 9.17) is 21.8 Å². The lowest BCUT2D eigenvalue weighted by molar-refractivity contribution is -0.119. The van der Waals surface area contributed by atoms with Crippen molar-refractivity contribution < 1.29 is 30.8 Å². The van der Waals surface area contributed by atoms with Gasteiger partial charge in [-0.1, -0.05) is 23.7 Å². The molecule has 1 unspecified atom stereocenters. The highest BCUT2D eigenvalue weighted by atomic mass is 35.5. The molecule has 5 rings (SSSR count). The molecule has 0 spiro atoms. The van der Waals surface area contributed by atoms with Gasteiger partial charge >= 0.3 is 0 Å². The highest BCUT2D eigenvalue weighted by Crippen LogP contribution is 2.50. The maximum Gasteiger partial charge on any atom is 0.259 e. The van der Waals surface area contributed by atoms with Crippen LogP contribution in [0.2, 0.25) is 5.02 Å². The molecule has 2 aliphatic rings. The summed E-state index contributed by atoms with van der Waals surface area (Å²) in [5, 5.41) is 7.80. The van der Waals surface area contributed by atoms with Gasteiger partial charge in [-0.15, -0.1) is 10.2 Å². The largest absolute Gasteiger partial charge is 0.420 e. The highest BCUT2D eigenvalue weighted by molar-refractivity contribution is 7.91. The third-order valence-electron chi connectivity index (χ3n) is 6.16. The molecular formula is C22H18ClF3N4O4S. The lowest BCUT2D eigenvalue weighted by Crippen LogP contribution is -2.45. The normalized spacial score (nSPS) is 22.9. The molecule has 35 heavy (non-hydrogen) atoms. The number of sulfone groups is 1. The van der Waals surface area contributed by atoms with E-state index in [9.17, 15) is 22.0 Å². The van der Waals surface area contributed by atoms with Gasteiger partial charge in [-0.2, -0.15) is 0 Å². The van der Waals surface area contributed by atoms with E-state index in [1.165, 1.54) is 0 Å². The second-order valence-corrected chi connectivity index (χ2v) is 11.0. The minimum absolute atomic E-state index is 0.0827. The van der Waals surface area contributed by atoms with Crippen LogP contribution in [0.5, 0.6) is 0 Å². The fourth-order valence-electron chi connectivity index (χ4n) is 4.11. The third kappa shape index (κ3) is 4.19. The summed E-state index contributed by atoms with van der Waals surface area (Å²) in [6.07, 6.45) is -0.177. The summed E-state index contributed by atoms with van der Waals surface area (Å²) in [5.41, 5.74) is 6.02. The average molecular weight is 527 g/mol. The summed E-state index contributed by atoms with van der Waals surface area (Å²) in [6.45, 7) is -0.0827. The number of halogens is 4. The molecule has 1 aromatic heterocycles. The van der Waals surface area contributed by atoms with Crippen molar-refractivity contribution in [3.8, 4) is 11.5 Å². The standard InChI is InChI=1S/C22H18ClF3N4O4S/c23-12-3-1-11(2-4-12)9-30-17-7-13(19-28-29-20(34-19)14-5-6-22(14,25)26)15(24)8-18(17)35(32,33)10-16(27)21(30)31/h1-4,7-8,14,16H,5-6,9-10,27H2/t14?,16-/m0/s1. The average Bonchev–Trinajstić information content (AvgIpc) is 3.23. The number of fused-ring (bicyclic) bond motifs is 1. The van der Waals surface area contributed by atoms with Crippen LogP contribution in [0.3, 0.4) is 0 Å². The zero-order valence-electron chi connectivity index (χ0n) is 17.9. The molecule has 8 nitrogen and oxygen atoms in total. The molecule has 13 heteroatoms. The van der Waals surface area contributed by atoms with E-state index >= 15 is 4.39 Å². The molecule has 0 radical (unpaired) electrons. The fourth-order valence-corrected chi connectivity index (χ4v) is 5.81. The number of nitrogens with zero attached hydrogens (tertiary/aromatic N) is 3. The van der Waals surface area contributed by atoms with Gasteiger partial charge in [0.25, 0.3) is 11.8 Å². The Morgan fingerprint density at radius 3 is 2.54 bits per heavy atom. The Morgan fingerprint density at radius 2 is 1.91 bits per heavy atom. The number of carbonyl (C=O) groups is 1. The molecule has 1 aliphatic carbocycles. The van der Waals surface area contributed by atoms with Crippen molar-refractivity contribution in [2.45, 2.75) is 42.2 Å². The van der Waals surface area contributed by atoms with Crippen LogP contribution in [0.1, 0.15) is 30.2 Å². The van der Waals surface area contributed by atoms with Crippen LogP contribution < -0.4 is 10.6 Å². The molecule has 3 aromatic rings. The molecule has 1 aliphatic heterocycles. The van der Waals surface area contributed by atoms with Gasteiger partial charge in [0.1, 0.15) is 11.7 Å². The second-order valence-electron chi connectivity index (χ2n) is 8.54. The Hall–Kier alpha value is -2.96. The number of rotatable bonds is 4. The summed E-state index contributed by atoms with van der Waals surface area (Å²) in [5.74, 6) is -7.45. The molecule has 1 fully saturated rings. The van der Waals surface area contributed by atoms with Gasteiger partial charge in [-0.25, -0.2) is 21.6 Å². The van der Waals surface area contributed by atoms with Gasteiger partial charge in [-0.3, -0.25) is 4.79 Å². The molecule has 0 bridgehead atoms. The van der Waals surface area contributed by atoms with E-state index in [2.05, 4.69) is 10.2 Å². The van der Waals surface area contributed by atoms with Gasteiger partial charge in [-0.05, 0) is 36.2 Å². The molecular weight excluding hydrogens is 509 g/mol. The molecule has 184 valence electrons. The number of nitrogens with two attached hydrogens (primary N) is 1. The van der Waals surface area contributed by atoms with Crippen molar-refractivity contribution in [2.24, 2.45) is 5.73 Å². The number of alkyl halides is 2. The predicted molar refractivity (Wildman–Crippen MR) is 119 cm³/mol. The lowest BCUT2D eigenvalue weighted by Gasteiger charge is -2.33. The summed E-state index contributed by atoms with van der Waals surface area (Å²) < 4.78 is 73.8. The lowest BCUT2D eigenvalue weighted by atomic mass is 9.81. The molecule has 2 aromatic carbocycles. The Balaban J connectivity index is 1.62. The zero-order valence-corrected chi connectivity index (χ0v) is 19.5. The number of amides is 1. The first-order valence-corrected chi connectivity index (χ1v) is 12.6. The highest BCUT2D eigenvalue weighted by Gasteiger charge is 2.52. The van der Waals surface area contributed by atoms with Crippen molar-refractivity contribution >= 4 is 33.0 Å². The van der Waals surface area contributed by atoms with Crippen LogP contribution in [0.4, 0.5) is 18.9 Å². The number of hydrogen-bond donors (Lipinski definition) is 1. The predicted octanol–water partition coefficient (Wildman–Crippen LogP) is 3.69. The number of hydrogen-bond acceptors (Lipinski definition) is 7. The van der Waals surface area contributed by atoms with Crippen LogP contribution in [-0.4, -0.2) is 42.2 Å². The Kier molecular flexibility index (Phi) is 5.65. The third-order valence-corrected chi connectivity index (χ3v) is 8.20. The van der Waals surface area contributed by atoms with Crippen LogP contribution in [-0.2, 0) is 21.2 Å². The van der Waals surface area contributed by atoms with Gasteiger partial charge < -0.3 is 15.1 Å². The summed E-state index contributed by atoms with van der Waals surface area (Å²) in [7, 11) is -4.15. The minimum atomic E-state index is -4.15. The van der Waals surface area contributed by atoms with E-state index in [1.54, 1.807) is 24.3 Å². The van der Waals surface area contributed by atoms with Gasteiger partial charge in [0.2, 0.25) is 11.8 Å². The first-order valence-electron chi connectivity index (χ1n) is 10.6. The monoisotopic (exact) mass is 526 g/mol. The van der Waals surface area contributed by atoms with Crippen molar-refractivity contribution in [2.75, 3.05) is 10.7 Å². The Labute approximate surface area is 202 Å². The number of benzene rings is 2. The molecule has 2 heterocycles. The van der Waals surface area contributed by atoms with E-state index in [-0.39, 0.29) is 36.5 Å². The van der Waals surface area contributed by atoms with Crippen molar-refractivity contribution in [3.05, 3.63) is 58.7 Å². The number of anilines is 1. The summed E-state index contributed by atoms with van der Waals surface area (Å²) in [4.78, 5) is 13.8.